The molecule has 0 unspecified atom stereocenters. The van der Waals surface area contributed by atoms with Crippen molar-refractivity contribution in [1.82, 2.24) is 0 Å². The SMILES string of the molecule is C/C=C1\N=C2CN=C(c3ccccc3)c3cc(Br)ccc3N2C1=O. The number of anilines is 1. The van der Waals surface area contributed by atoms with Crippen molar-refractivity contribution in [2.75, 3.05) is 11.4 Å². The van der Waals surface area contributed by atoms with Crippen LogP contribution in [-0.4, -0.2) is 24.0 Å². The number of hydrogen-bond donors (Lipinski definition) is 0. The van der Waals surface area contributed by atoms with E-state index in [0.29, 0.717) is 18.1 Å². The predicted molar refractivity (Wildman–Crippen MR) is 99.8 cm³/mol. The van der Waals surface area contributed by atoms with Crippen molar-refractivity contribution in [2.45, 2.75) is 6.92 Å². The number of fused-ring (bicyclic) bond motifs is 3. The summed E-state index contributed by atoms with van der Waals surface area (Å²) in [6.07, 6.45) is 1.74. The molecular formula is C19H14BrN3O. The van der Waals surface area contributed by atoms with Crippen LogP contribution >= 0.6 is 15.9 Å². The Bertz CT molecular complexity index is 929. The van der Waals surface area contributed by atoms with Gasteiger partial charge in [-0.3, -0.25) is 14.7 Å². The molecular weight excluding hydrogens is 366 g/mol. The molecule has 0 aliphatic carbocycles. The molecule has 0 fully saturated rings. The van der Waals surface area contributed by atoms with Crippen LogP contribution in [0.2, 0.25) is 0 Å². The van der Waals surface area contributed by atoms with Crippen molar-refractivity contribution in [3.05, 3.63) is 75.9 Å². The van der Waals surface area contributed by atoms with Gasteiger partial charge in [0.1, 0.15) is 11.5 Å². The average Bonchev–Trinajstić information content (AvgIpc) is 2.83. The molecule has 0 spiro atoms. The zero-order valence-electron chi connectivity index (χ0n) is 13.0. The second-order valence-electron chi connectivity index (χ2n) is 5.53. The van der Waals surface area contributed by atoms with Crippen LogP contribution in [0.5, 0.6) is 0 Å². The van der Waals surface area contributed by atoms with E-state index in [-0.39, 0.29) is 5.91 Å². The van der Waals surface area contributed by atoms with Crippen molar-refractivity contribution >= 4 is 39.1 Å². The molecule has 0 aromatic heterocycles. The van der Waals surface area contributed by atoms with Crippen LogP contribution < -0.4 is 4.90 Å². The zero-order chi connectivity index (χ0) is 16.7. The van der Waals surface area contributed by atoms with E-state index in [4.69, 9.17) is 4.99 Å². The van der Waals surface area contributed by atoms with Gasteiger partial charge in [-0.2, -0.15) is 0 Å². The molecule has 24 heavy (non-hydrogen) atoms. The summed E-state index contributed by atoms with van der Waals surface area (Å²) in [6, 6.07) is 15.9. The second kappa shape index (κ2) is 5.83. The standard InChI is InChI=1S/C19H14BrN3O/c1-2-15-19(24)23-16-9-8-13(20)10-14(16)18(21-11-17(23)22-15)12-6-4-3-5-7-12/h2-10H,11H2,1H3/b15-2-. The summed E-state index contributed by atoms with van der Waals surface area (Å²) >= 11 is 3.53. The van der Waals surface area contributed by atoms with Crippen LogP contribution in [0.4, 0.5) is 5.69 Å². The summed E-state index contributed by atoms with van der Waals surface area (Å²) < 4.78 is 0.947. The Morgan fingerprint density at radius 1 is 1.17 bits per heavy atom. The lowest BCUT2D eigenvalue weighted by molar-refractivity contribution is -0.113. The minimum Gasteiger partial charge on any atom is -0.276 e. The summed E-state index contributed by atoms with van der Waals surface area (Å²) in [5, 5.41) is 0. The number of carbonyl (C=O) groups excluding carboxylic acids is 1. The highest BCUT2D eigenvalue weighted by atomic mass is 79.9. The lowest BCUT2D eigenvalue weighted by atomic mass is 10.0. The molecule has 0 bridgehead atoms. The van der Waals surface area contributed by atoms with E-state index in [0.717, 1.165) is 27.0 Å². The van der Waals surface area contributed by atoms with Gasteiger partial charge in [0, 0.05) is 15.6 Å². The van der Waals surface area contributed by atoms with E-state index in [1.54, 1.807) is 11.0 Å². The lowest BCUT2D eigenvalue weighted by Gasteiger charge is -2.19. The highest BCUT2D eigenvalue weighted by Crippen LogP contribution is 2.33. The molecule has 2 aliphatic heterocycles. The molecule has 4 nitrogen and oxygen atoms in total. The summed E-state index contributed by atoms with van der Waals surface area (Å²) in [5.41, 5.74) is 4.11. The van der Waals surface area contributed by atoms with Gasteiger partial charge in [0.25, 0.3) is 5.91 Å². The van der Waals surface area contributed by atoms with Crippen LogP contribution in [0.15, 0.2) is 74.8 Å². The first-order chi connectivity index (χ1) is 11.7. The summed E-state index contributed by atoms with van der Waals surface area (Å²) in [6.45, 7) is 2.20. The van der Waals surface area contributed by atoms with Gasteiger partial charge in [0.15, 0.2) is 0 Å². The number of carbonyl (C=O) groups is 1. The minimum atomic E-state index is -0.0967. The first-order valence-electron chi connectivity index (χ1n) is 7.67. The van der Waals surface area contributed by atoms with E-state index in [1.165, 1.54) is 0 Å². The Balaban J connectivity index is 1.96. The van der Waals surface area contributed by atoms with Gasteiger partial charge in [-0.05, 0) is 25.1 Å². The van der Waals surface area contributed by atoms with Gasteiger partial charge < -0.3 is 0 Å². The number of hydrogen-bond acceptors (Lipinski definition) is 3. The average molecular weight is 380 g/mol. The molecule has 0 saturated heterocycles. The van der Waals surface area contributed by atoms with Crippen molar-refractivity contribution in [2.24, 2.45) is 9.98 Å². The molecule has 4 rings (SSSR count). The first kappa shape index (κ1) is 15.0. The second-order valence-corrected chi connectivity index (χ2v) is 6.45. The molecule has 2 aliphatic rings. The largest absolute Gasteiger partial charge is 0.282 e. The van der Waals surface area contributed by atoms with Crippen LogP contribution in [-0.2, 0) is 4.79 Å². The third-order valence-corrected chi connectivity index (χ3v) is 4.58. The molecule has 0 radical (unpaired) electrons. The lowest BCUT2D eigenvalue weighted by Crippen LogP contribution is -2.33. The fourth-order valence-corrected chi connectivity index (χ4v) is 3.34. The molecule has 2 aromatic rings. The number of amides is 1. The number of rotatable bonds is 1. The minimum absolute atomic E-state index is 0.0967. The maximum Gasteiger partial charge on any atom is 0.282 e. The first-order valence-corrected chi connectivity index (χ1v) is 8.46. The Hall–Kier alpha value is -2.53. The maximum absolute atomic E-state index is 12.7. The molecule has 118 valence electrons. The number of benzene rings is 2. The highest BCUT2D eigenvalue weighted by molar-refractivity contribution is 9.10. The third-order valence-electron chi connectivity index (χ3n) is 4.08. The fourth-order valence-electron chi connectivity index (χ4n) is 2.98. The number of halogens is 1. The van der Waals surface area contributed by atoms with Crippen molar-refractivity contribution < 1.29 is 4.79 Å². The van der Waals surface area contributed by atoms with Crippen LogP contribution in [0.25, 0.3) is 0 Å². The Kier molecular flexibility index (Phi) is 3.65. The van der Waals surface area contributed by atoms with Gasteiger partial charge in [-0.15, -0.1) is 0 Å². The van der Waals surface area contributed by atoms with Gasteiger partial charge in [-0.25, -0.2) is 4.99 Å². The predicted octanol–water partition coefficient (Wildman–Crippen LogP) is 3.95. The normalized spacial score (nSPS) is 18.0. The third kappa shape index (κ3) is 2.32. The van der Waals surface area contributed by atoms with E-state index in [9.17, 15) is 4.79 Å². The van der Waals surface area contributed by atoms with Crippen LogP contribution in [0.3, 0.4) is 0 Å². The molecule has 2 aromatic carbocycles. The van der Waals surface area contributed by atoms with Crippen molar-refractivity contribution in [3.63, 3.8) is 0 Å². The number of nitrogens with zero attached hydrogens (tertiary/aromatic N) is 3. The molecule has 2 heterocycles. The van der Waals surface area contributed by atoms with E-state index in [2.05, 4.69) is 20.9 Å². The summed E-state index contributed by atoms with van der Waals surface area (Å²) in [4.78, 5) is 23.6. The van der Waals surface area contributed by atoms with Gasteiger partial charge in [-0.1, -0.05) is 52.3 Å². The van der Waals surface area contributed by atoms with Crippen molar-refractivity contribution in [1.29, 1.82) is 0 Å². The van der Waals surface area contributed by atoms with E-state index < -0.39 is 0 Å². The number of amidine groups is 1. The Labute approximate surface area is 148 Å². The molecule has 0 atom stereocenters. The molecule has 5 heteroatoms. The van der Waals surface area contributed by atoms with Crippen LogP contribution in [0, 0.1) is 0 Å². The monoisotopic (exact) mass is 379 g/mol. The topological polar surface area (TPSA) is 45.0 Å². The molecule has 1 amide bonds. The van der Waals surface area contributed by atoms with Crippen LogP contribution in [0.1, 0.15) is 18.1 Å². The smallest absolute Gasteiger partial charge is 0.276 e. The summed E-state index contributed by atoms with van der Waals surface area (Å²) in [5.74, 6) is 0.572. The number of aliphatic imine (C=N–C) groups is 2. The van der Waals surface area contributed by atoms with E-state index >= 15 is 0 Å². The van der Waals surface area contributed by atoms with Gasteiger partial charge in [0.2, 0.25) is 0 Å². The maximum atomic E-state index is 12.7. The molecule has 0 N–H and O–H groups in total. The van der Waals surface area contributed by atoms with Gasteiger partial charge >= 0.3 is 0 Å². The van der Waals surface area contributed by atoms with E-state index in [1.807, 2.05) is 55.5 Å². The quantitative estimate of drug-likeness (QED) is 0.691. The number of allylic oxidation sites excluding steroid dienone is 1. The molecule has 0 saturated carbocycles. The van der Waals surface area contributed by atoms with Gasteiger partial charge in [0.05, 0.1) is 17.9 Å². The fraction of sp³-hybridized carbons (Fsp3) is 0.105. The zero-order valence-corrected chi connectivity index (χ0v) is 14.6. The van der Waals surface area contributed by atoms with Crippen molar-refractivity contribution in [3.8, 4) is 0 Å². The highest BCUT2D eigenvalue weighted by Gasteiger charge is 2.34. The Morgan fingerprint density at radius 3 is 2.71 bits per heavy atom. The summed E-state index contributed by atoms with van der Waals surface area (Å²) in [7, 11) is 0. The Morgan fingerprint density at radius 2 is 1.96 bits per heavy atom.